The van der Waals surface area contributed by atoms with Crippen molar-refractivity contribution in [3.63, 3.8) is 0 Å². The van der Waals surface area contributed by atoms with Crippen LogP contribution in [0.25, 0.3) is 0 Å². The van der Waals surface area contributed by atoms with E-state index in [0.717, 1.165) is 25.7 Å². The zero-order valence-electron chi connectivity index (χ0n) is 7.21. The predicted octanol–water partition coefficient (Wildman–Crippen LogP) is 1.72. The Bertz CT molecular complexity index is 196. The molecule has 0 aromatic rings. The van der Waals surface area contributed by atoms with Gasteiger partial charge in [0.05, 0.1) is 0 Å². The average molecular weight is 166 g/mol. The van der Waals surface area contributed by atoms with Gasteiger partial charge in [-0.25, -0.2) is 0 Å². The van der Waals surface area contributed by atoms with Gasteiger partial charge in [-0.15, -0.1) is 0 Å². The second kappa shape index (κ2) is 3.00. The maximum Gasteiger partial charge on any atom is 0.137 e. The van der Waals surface area contributed by atoms with Gasteiger partial charge in [-0.2, -0.15) is 0 Å². The first-order valence-corrected chi connectivity index (χ1v) is 4.84. The summed E-state index contributed by atoms with van der Waals surface area (Å²) >= 11 is 0. The van der Waals surface area contributed by atoms with Crippen LogP contribution in [-0.4, -0.2) is 11.6 Å². The molecular formula is C10H14O2. The van der Waals surface area contributed by atoms with Crippen LogP contribution < -0.4 is 0 Å². The Kier molecular flexibility index (Phi) is 1.99. The molecular weight excluding hydrogens is 152 g/mol. The van der Waals surface area contributed by atoms with Crippen molar-refractivity contribution >= 4 is 11.6 Å². The van der Waals surface area contributed by atoms with Crippen LogP contribution >= 0.6 is 0 Å². The van der Waals surface area contributed by atoms with Gasteiger partial charge in [-0.1, -0.05) is 12.8 Å². The summed E-state index contributed by atoms with van der Waals surface area (Å²) in [4.78, 5) is 22.8. The fraction of sp³-hybridized carbons (Fsp3) is 0.800. The van der Waals surface area contributed by atoms with Crippen molar-refractivity contribution in [2.24, 2.45) is 11.8 Å². The predicted molar refractivity (Wildman–Crippen MR) is 44.7 cm³/mol. The van der Waals surface area contributed by atoms with Crippen molar-refractivity contribution in [2.75, 3.05) is 0 Å². The standard InChI is InChI=1S/C10H14O2/c11-9-5-6-10(12)8-4-2-1-3-7(8)9/h7-8H,1-6H2/t7-,8?/m0/s1. The molecule has 2 aliphatic carbocycles. The van der Waals surface area contributed by atoms with E-state index >= 15 is 0 Å². The van der Waals surface area contributed by atoms with Crippen molar-refractivity contribution in [1.82, 2.24) is 0 Å². The van der Waals surface area contributed by atoms with E-state index in [-0.39, 0.29) is 11.8 Å². The molecule has 2 heteroatoms. The highest BCUT2D eigenvalue weighted by Gasteiger charge is 2.38. The first-order valence-electron chi connectivity index (χ1n) is 4.84. The van der Waals surface area contributed by atoms with E-state index in [0.29, 0.717) is 24.4 Å². The van der Waals surface area contributed by atoms with Gasteiger partial charge in [0.25, 0.3) is 0 Å². The molecule has 2 atom stereocenters. The number of carbonyl (C=O) groups is 2. The molecule has 0 radical (unpaired) electrons. The van der Waals surface area contributed by atoms with Crippen LogP contribution in [0.3, 0.4) is 0 Å². The number of carbonyl (C=O) groups excluding carboxylic acids is 2. The van der Waals surface area contributed by atoms with Crippen LogP contribution in [0.4, 0.5) is 0 Å². The maximum atomic E-state index is 11.4. The van der Waals surface area contributed by atoms with E-state index in [2.05, 4.69) is 0 Å². The van der Waals surface area contributed by atoms with Gasteiger partial charge in [0.2, 0.25) is 0 Å². The molecule has 0 aromatic carbocycles. The molecule has 0 spiro atoms. The van der Waals surface area contributed by atoms with Crippen LogP contribution in [0.15, 0.2) is 0 Å². The summed E-state index contributed by atoms with van der Waals surface area (Å²) < 4.78 is 0. The summed E-state index contributed by atoms with van der Waals surface area (Å²) in [5, 5.41) is 0. The molecule has 2 fully saturated rings. The monoisotopic (exact) mass is 166 g/mol. The third-order valence-corrected chi connectivity index (χ3v) is 3.21. The zero-order valence-corrected chi connectivity index (χ0v) is 7.21. The number of ketones is 2. The van der Waals surface area contributed by atoms with Gasteiger partial charge in [-0.05, 0) is 12.8 Å². The smallest absolute Gasteiger partial charge is 0.137 e. The zero-order chi connectivity index (χ0) is 8.55. The highest BCUT2D eigenvalue weighted by Crippen LogP contribution is 2.36. The van der Waals surface area contributed by atoms with Gasteiger partial charge in [0.1, 0.15) is 11.6 Å². The molecule has 66 valence electrons. The number of hydrogen-bond acceptors (Lipinski definition) is 2. The fourth-order valence-electron chi connectivity index (χ4n) is 2.52. The van der Waals surface area contributed by atoms with Crippen molar-refractivity contribution in [3.05, 3.63) is 0 Å². The van der Waals surface area contributed by atoms with Gasteiger partial charge in [-0.3, -0.25) is 9.59 Å². The van der Waals surface area contributed by atoms with Gasteiger partial charge < -0.3 is 0 Å². The van der Waals surface area contributed by atoms with Crippen LogP contribution in [0.5, 0.6) is 0 Å². The summed E-state index contributed by atoms with van der Waals surface area (Å²) in [5.41, 5.74) is 0. The van der Waals surface area contributed by atoms with E-state index in [9.17, 15) is 9.59 Å². The molecule has 0 heterocycles. The summed E-state index contributed by atoms with van der Waals surface area (Å²) in [7, 11) is 0. The van der Waals surface area contributed by atoms with Crippen molar-refractivity contribution in [1.29, 1.82) is 0 Å². The lowest BCUT2D eigenvalue weighted by Gasteiger charge is -2.32. The molecule has 0 bridgehead atoms. The molecule has 2 saturated carbocycles. The van der Waals surface area contributed by atoms with E-state index in [4.69, 9.17) is 0 Å². The number of Topliss-reactive ketones (excluding diaryl/α,β-unsaturated/α-hetero) is 2. The van der Waals surface area contributed by atoms with Gasteiger partial charge >= 0.3 is 0 Å². The van der Waals surface area contributed by atoms with E-state index in [1.807, 2.05) is 0 Å². The summed E-state index contributed by atoms with van der Waals surface area (Å²) in [6, 6.07) is 0. The largest absolute Gasteiger partial charge is 0.299 e. The maximum absolute atomic E-state index is 11.4. The molecule has 0 aromatic heterocycles. The Balaban J connectivity index is 2.16. The molecule has 2 aliphatic rings. The fourth-order valence-corrected chi connectivity index (χ4v) is 2.52. The second-order valence-electron chi connectivity index (χ2n) is 3.93. The number of rotatable bonds is 0. The minimum absolute atomic E-state index is 0.111. The molecule has 2 rings (SSSR count). The summed E-state index contributed by atoms with van der Waals surface area (Å²) in [5.74, 6) is 0.915. The molecule has 0 N–H and O–H groups in total. The average Bonchev–Trinajstić information content (AvgIpc) is 2.12. The Morgan fingerprint density at radius 1 is 0.833 bits per heavy atom. The normalized spacial score (nSPS) is 36.3. The molecule has 0 amide bonds. The Morgan fingerprint density at radius 3 is 1.67 bits per heavy atom. The van der Waals surface area contributed by atoms with Crippen molar-refractivity contribution in [3.8, 4) is 0 Å². The topological polar surface area (TPSA) is 34.1 Å². The van der Waals surface area contributed by atoms with E-state index in [1.54, 1.807) is 0 Å². The quantitative estimate of drug-likeness (QED) is 0.549. The van der Waals surface area contributed by atoms with Crippen LogP contribution in [0, 0.1) is 11.8 Å². The molecule has 12 heavy (non-hydrogen) atoms. The minimum atomic E-state index is 0.111. The van der Waals surface area contributed by atoms with Crippen molar-refractivity contribution in [2.45, 2.75) is 38.5 Å². The van der Waals surface area contributed by atoms with Crippen molar-refractivity contribution < 1.29 is 9.59 Å². The first-order chi connectivity index (χ1) is 5.79. The highest BCUT2D eigenvalue weighted by molar-refractivity contribution is 5.96. The number of hydrogen-bond donors (Lipinski definition) is 0. The lowest BCUT2D eigenvalue weighted by Crippen LogP contribution is -2.37. The number of fused-ring (bicyclic) bond motifs is 1. The Morgan fingerprint density at radius 2 is 1.25 bits per heavy atom. The lowest BCUT2D eigenvalue weighted by molar-refractivity contribution is -0.139. The van der Waals surface area contributed by atoms with E-state index in [1.165, 1.54) is 0 Å². The molecule has 1 unspecified atom stereocenters. The van der Waals surface area contributed by atoms with Gasteiger partial charge in [0.15, 0.2) is 0 Å². The minimum Gasteiger partial charge on any atom is -0.299 e. The lowest BCUT2D eigenvalue weighted by atomic mass is 9.69. The third kappa shape index (κ3) is 1.19. The van der Waals surface area contributed by atoms with Crippen LogP contribution in [-0.2, 0) is 9.59 Å². The SMILES string of the molecule is O=C1CCC(=O)[C@H]2CCCCC12. The first kappa shape index (κ1) is 7.96. The molecule has 2 nitrogen and oxygen atoms in total. The van der Waals surface area contributed by atoms with E-state index < -0.39 is 0 Å². The molecule has 0 saturated heterocycles. The Hall–Kier alpha value is -0.660. The Labute approximate surface area is 72.3 Å². The second-order valence-corrected chi connectivity index (χ2v) is 3.93. The summed E-state index contributed by atoms with van der Waals surface area (Å²) in [6.45, 7) is 0. The molecule has 0 aliphatic heterocycles. The van der Waals surface area contributed by atoms with Crippen LogP contribution in [0.1, 0.15) is 38.5 Å². The third-order valence-electron chi connectivity index (χ3n) is 3.21. The highest BCUT2D eigenvalue weighted by atomic mass is 16.1. The van der Waals surface area contributed by atoms with Crippen LogP contribution in [0.2, 0.25) is 0 Å². The van der Waals surface area contributed by atoms with Gasteiger partial charge in [0, 0.05) is 24.7 Å². The summed E-state index contributed by atoms with van der Waals surface area (Å²) in [6.07, 6.45) is 5.24.